The number of ether oxygens (including phenoxy) is 1. The van der Waals surface area contributed by atoms with Crippen LogP contribution >= 0.6 is 0 Å². The Labute approximate surface area is 172 Å². The van der Waals surface area contributed by atoms with E-state index in [9.17, 15) is 9.90 Å². The molecule has 0 bridgehead atoms. The van der Waals surface area contributed by atoms with Gasteiger partial charge in [0, 0.05) is 18.4 Å². The van der Waals surface area contributed by atoms with Crippen molar-refractivity contribution in [3.8, 4) is 0 Å². The van der Waals surface area contributed by atoms with E-state index >= 15 is 0 Å². The van der Waals surface area contributed by atoms with E-state index in [1.54, 1.807) is 0 Å². The molecule has 29 heavy (non-hydrogen) atoms. The highest BCUT2D eigenvalue weighted by molar-refractivity contribution is 5.77. The Morgan fingerprint density at radius 2 is 1.28 bits per heavy atom. The third-order valence-electron chi connectivity index (χ3n) is 6.11. The molecule has 0 spiro atoms. The Kier molecular flexibility index (Phi) is 5.77. The van der Waals surface area contributed by atoms with Crippen LogP contribution in [0.25, 0.3) is 0 Å². The van der Waals surface area contributed by atoms with Gasteiger partial charge in [-0.3, -0.25) is 4.79 Å². The molecule has 0 heterocycles. The van der Waals surface area contributed by atoms with Gasteiger partial charge in [0.25, 0.3) is 0 Å². The van der Waals surface area contributed by atoms with E-state index in [0.29, 0.717) is 0 Å². The molecule has 4 rings (SSSR count). The van der Waals surface area contributed by atoms with Gasteiger partial charge in [0.1, 0.15) is 6.10 Å². The van der Waals surface area contributed by atoms with Gasteiger partial charge in [0.2, 0.25) is 0 Å². The summed E-state index contributed by atoms with van der Waals surface area (Å²) in [7, 11) is 0. The van der Waals surface area contributed by atoms with Crippen LogP contribution in [0.1, 0.15) is 41.6 Å². The maximum Gasteiger partial charge on any atom is 0.310 e. The summed E-state index contributed by atoms with van der Waals surface area (Å²) in [5, 5.41) is 10.2. The summed E-state index contributed by atoms with van der Waals surface area (Å²) in [6.45, 7) is 1.95. The molecule has 1 saturated carbocycles. The van der Waals surface area contributed by atoms with Crippen LogP contribution in [-0.2, 0) is 9.53 Å². The summed E-state index contributed by atoms with van der Waals surface area (Å²) in [4.78, 5) is 13.3. The molecule has 3 nitrogen and oxygen atoms in total. The molecule has 3 heteroatoms. The van der Waals surface area contributed by atoms with Crippen LogP contribution < -0.4 is 0 Å². The highest BCUT2D eigenvalue weighted by atomic mass is 16.5. The molecule has 0 radical (unpaired) electrons. The Morgan fingerprint density at radius 1 is 0.828 bits per heavy atom. The number of hydrogen-bond donors (Lipinski definition) is 1. The molecule has 0 aliphatic heterocycles. The van der Waals surface area contributed by atoms with E-state index in [1.165, 1.54) is 0 Å². The minimum Gasteiger partial charge on any atom is -0.458 e. The van der Waals surface area contributed by atoms with Crippen molar-refractivity contribution in [2.24, 2.45) is 11.8 Å². The highest BCUT2D eigenvalue weighted by Gasteiger charge is 2.55. The van der Waals surface area contributed by atoms with E-state index in [1.807, 2.05) is 97.9 Å². The second-order valence-electron chi connectivity index (χ2n) is 7.73. The van der Waals surface area contributed by atoms with Crippen molar-refractivity contribution in [1.29, 1.82) is 0 Å². The van der Waals surface area contributed by atoms with Crippen LogP contribution in [0.15, 0.2) is 91.0 Å². The van der Waals surface area contributed by atoms with Gasteiger partial charge in [-0.1, -0.05) is 91.0 Å². The standard InChI is InChI=1S/C26H26O3/c1-18(19-11-5-2-6-12-19)29-26(28)25-23(20-13-7-3-8-14-20)22(17-27)24(25)21-15-9-4-10-16-21/h2-16,18,22-25,27H,17H2,1H3/t18?,22-,23-,24-,25+/m1/s1. The van der Waals surface area contributed by atoms with Gasteiger partial charge in [-0.25, -0.2) is 0 Å². The minimum atomic E-state index is -0.317. The topological polar surface area (TPSA) is 46.5 Å². The predicted octanol–water partition coefficient (Wildman–Crippen LogP) is 5.10. The number of carbonyl (C=O) groups excluding carboxylic acids is 1. The third-order valence-corrected chi connectivity index (χ3v) is 6.11. The predicted molar refractivity (Wildman–Crippen MR) is 113 cm³/mol. The lowest BCUT2D eigenvalue weighted by molar-refractivity contribution is -0.163. The lowest BCUT2D eigenvalue weighted by atomic mass is 9.53. The zero-order valence-corrected chi connectivity index (χ0v) is 16.5. The average molecular weight is 386 g/mol. The summed E-state index contributed by atoms with van der Waals surface area (Å²) in [5.41, 5.74) is 3.13. The fourth-order valence-corrected chi connectivity index (χ4v) is 4.66. The van der Waals surface area contributed by atoms with Crippen molar-refractivity contribution in [3.63, 3.8) is 0 Å². The quantitative estimate of drug-likeness (QED) is 0.600. The monoisotopic (exact) mass is 386 g/mol. The molecular weight excluding hydrogens is 360 g/mol. The number of hydrogen-bond acceptors (Lipinski definition) is 3. The van der Waals surface area contributed by atoms with Gasteiger partial charge in [-0.2, -0.15) is 0 Å². The molecule has 0 aromatic heterocycles. The van der Waals surface area contributed by atoms with Crippen molar-refractivity contribution >= 4 is 5.97 Å². The van der Waals surface area contributed by atoms with Crippen molar-refractivity contribution in [3.05, 3.63) is 108 Å². The summed E-state index contributed by atoms with van der Waals surface area (Å²) >= 11 is 0. The molecule has 148 valence electrons. The first-order valence-corrected chi connectivity index (χ1v) is 10.2. The maximum absolute atomic E-state index is 13.3. The highest BCUT2D eigenvalue weighted by Crippen LogP contribution is 2.57. The van der Waals surface area contributed by atoms with Gasteiger partial charge in [-0.05, 0) is 29.5 Å². The van der Waals surface area contributed by atoms with Crippen molar-refractivity contribution in [2.75, 3.05) is 6.61 Å². The Bertz CT molecular complexity index is 876. The molecule has 1 aliphatic carbocycles. The summed E-state index contributed by atoms with van der Waals surface area (Å²) < 4.78 is 5.92. The van der Waals surface area contributed by atoms with E-state index < -0.39 is 0 Å². The Balaban J connectivity index is 1.64. The first-order chi connectivity index (χ1) is 14.2. The number of aliphatic hydroxyl groups excluding tert-OH is 1. The van der Waals surface area contributed by atoms with Crippen LogP contribution in [0.4, 0.5) is 0 Å². The van der Waals surface area contributed by atoms with Crippen LogP contribution in [0, 0.1) is 11.8 Å². The molecule has 3 aromatic carbocycles. The van der Waals surface area contributed by atoms with Crippen LogP contribution in [0.5, 0.6) is 0 Å². The number of esters is 1. The number of rotatable bonds is 6. The molecule has 3 atom stereocenters. The summed E-state index contributed by atoms with van der Waals surface area (Å²) in [6, 6.07) is 29.8. The minimum absolute atomic E-state index is 0.00983. The fraction of sp³-hybridized carbons (Fsp3) is 0.269. The van der Waals surface area contributed by atoms with Gasteiger partial charge < -0.3 is 9.84 Å². The van der Waals surface area contributed by atoms with Crippen molar-refractivity contribution < 1.29 is 14.6 Å². The smallest absolute Gasteiger partial charge is 0.310 e. The van der Waals surface area contributed by atoms with E-state index in [4.69, 9.17) is 4.74 Å². The zero-order chi connectivity index (χ0) is 20.2. The molecule has 1 N–H and O–H groups in total. The second-order valence-corrected chi connectivity index (χ2v) is 7.73. The largest absolute Gasteiger partial charge is 0.458 e. The van der Waals surface area contributed by atoms with E-state index in [2.05, 4.69) is 0 Å². The van der Waals surface area contributed by atoms with Gasteiger partial charge in [-0.15, -0.1) is 0 Å². The first-order valence-electron chi connectivity index (χ1n) is 10.2. The maximum atomic E-state index is 13.3. The molecule has 0 amide bonds. The molecule has 0 saturated heterocycles. The number of aliphatic hydroxyl groups is 1. The van der Waals surface area contributed by atoms with Crippen LogP contribution in [0.2, 0.25) is 0 Å². The van der Waals surface area contributed by atoms with Crippen LogP contribution in [-0.4, -0.2) is 17.7 Å². The molecule has 1 aliphatic rings. The molecular formula is C26H26O3. The average Bonchev–Trinajstić information content (AvgIpc) is 2.75. The van der Waals surface area contributed by atoms with Crippen molar-refractivity contribution in [2.45, 2.75) is 24.9 Å². The molecule has 3 aromatic rings. The van der Waals surface area contributed by atoms with Gasteiger partial charge in [0.05, 0.1) is 5.92 Å². The Morgan fingerprint density at radius 3 is 1.72 bits per heavy atom. The lowest BCUT2D eigenvalue weighted by Crippen LogP contribution is -2.49. The van der Waals surface area contributed by atoms with E-state index in [0.717, 1.165) is 16.7 Å². The zero-order valence-electron chi connectivity index (χ0n) is 16.5. The number of carbonyl (C=O) groups is 1. The first kappa shape index (κ1) is 19.4. The third kappa shape index (κ3) is 3.83. The van der Waals surface area contributed by atoms with Crippen molar-refractivity contribution in [1.82, 2.24) is 0 Å². The normalized spacial score (nSPS) is 24.3. The van der Waals surface area contributed by atoms with Gasteiger partial charge >= 0.3 is 5.97 Å². The van der Waals surface area contributed by atoms with Gasteiger partial charge in [0.15, 0.2) is 0 Å². The fourth-order valence-electron chi connectivity index (χ4n) is 4.66. The Hall–Kier alpha value is -2.91. The molecule has 1 unspecified atom stereocenters. The molecule has 1 fully saturated rings. The SMILES string of the molecule is CC(OC(=O)[C@H]1[C@H](c2ccccc2)[C@@H](CO)[C@H]1c1ccccc1)c1ccccc1. The second kappa shape index (κ2) is 8.62. The summed E-state index contributed by atoms with van der Waals surface area (Å²) in [5.74, 6) is -0.634. The summed E-state index contributed by atoms with van der Waals surface area (Å²) in [6.07, 6.45) is -0.315. The van der Waals surface area contributed by atoms with E-state index in [-0.39, 0.29) is 42.4 Å². The van der Waals surface area contributed by atoms with Crippen LogP contribution in [0.3, 0.4) is 0 Å². The number of benzene rings is 3. The lowest BCUT2D eigenvalue weighted by Gasteiger charge is -2.50.